The van der Waals surface area contributed by atoms with Gasteiger partial charge in [-0.05, 0) is 37.3 Å². The zero-order valence-electron chi connectivity index (χ0n) is 16.3. The number of carbonyl (C=O) groups excluding carboxylic acids is 1. The molecule has 0 saturated carbocycles. The topological polar surface area (TPSA) is 81.1 Å². The van der Waals surface area contributed by atoms with Crippen molar-refractivity contribution in [2.45, 2.75) is 18.0 Å². The van der Waals surface area contributed by atoms with Gasteiger partial charge in [-0.3, -0.25) is 9.48 Å². The molecular weight excluding hydrogens is 419 g/mol. The lowest BCUT2D eigenvalue weighted by molar-refractivity contribution is -0.137. The van der Waals surface area contributed by atoms with Crippen molar-refractivity contribution in [2.75, 3.05) is 11.6 Å². The number of nitrogens with zero attached hydrogens (tertiary/aromatic N) is 2. The highest BCUT2D eigenvalue weighted by molar-refractivity contribution is 7.90. The predicted molar refractivity (Wildman–Crippen MR) is 106 cm³/mol. The molecule has 0 spiro atoms. The van der Waals surface area contributed by atoms with Crippen LogP contribution in [0.3, 0.4) is 0 Å². The standard InChI is InChI=1S/C20H18F3N3O3S/c1-12-17(19(27)24-13-8-10-14(11-9-13)30(3,28)29)25-26(2)18(12)15-6-4-5-7-16(15)20(21,22)23/h4-11H,1-3H3,(H,24,27). The van der Waals surface area contributed by atoms with Gasteiger partial charge in [0, 0.05) is 30.1 Å². The monoisotopic (exact) mass is 437 g/mol. The van der Waals surface area contributed by atoms with Crippen LogP contribution in [-0.2, 0) is 23.1 Å². The van der Waals surface area contributed by atoms with Crippen LogP contribution in [0.15, 0.2) is 53.4 Å². The second-order valence-electron chi connectivity index (χ2n) is 6.74. The molecule has 1 N–H and O–H groups in total. The van der Waals surface area contributed by atoms with E-state index in [9.17, 15) is 26.4 Å². The summed E-state index contributed by atoms with van der Waals surface area (Å²) < 4.78 is 64.5. The van der Waals surface area contributed by atoms with Crippen molar-refractivity contribution < 1.29 is 26.4 Å². The van der Waals surface area contributed by atoms with Gasteiger partial charge in [0.1, 0.15) is 0 Å². The maximum atomic E-state index is 13.4. The van der Waals surface area contributed by atoms with Gasteiger partial charge in [0.15, 0.2) is 15.5 Å². The molecule has 0 aliphatic heterocycles. The molecule has 0 aliphatic carbocycles. The number of alkyl halides is 3. The van der Waals surface area contributed by atoms with E-state index in [1.165, 1.54) is 61.1 Å². The Labute approximate surface area is 171 Å². The second kappa shape index (κ2) is 7.60. The average molecular weight is 437 g/mol. The van der Waals surface area contributed by atoms with Crippen molar-refractivity contribution in [3.05, 3.63) is 65.4 Å². The third-order valence-electron chi connectivity index (χ3n) is 4.53. The van der Waals surface area contributed by atoms with Crippen LogP contribution in [0.1, 0.15) is 21.6 Å². The zero-order chi connectivity index (χ0) is 22.3. The number of sulfone groups is 1. The Morgan fingerprint density at radius 2 is 1.67 bits per heavy atom. The molecule has 0 saturated heterocycles. The lowest BCUT2D eigenvalue weighted by Crippen LogP contribution is -2.14. The molecule has 10 heteroatoms. The highest BCUT2D eigenvalue weighted by atomic mass is 32.2. The molecule has 1 aromatic heterocycles. The van der Waals surface area contributed by atoms with Gasteiger partial charge in [0.2, 0.25) is 0 Å². The predicted octanol–water partition coefficient (Wildman–Crippen LogP) is 4.07. The Balaban J connectivity index is 1.96. The molecule has 0 unspecified atom stereocenters. The first-order valence-electron chi connectivity index (χ1n) is 8.71. The van der Waals surface area contributed by atoms with Gasteiger partial charge in [-0.25, -0.2) is 8.42 Å². The molecule has 0 radical (unpaired) electrons. The Bertz CT molecular complexity index is 1210. The fourth-order valence-corrected chi connectivity index (χ4v) is 3.76. The summed E-state index contributed by atoms with van der Waals surface area (Å²) in [7, 11) is -1.91. The molecule has 3 aromatic rings. The summed E-state index contributed by atoms with van der Waals surface area (Å²) in [4.78, 5) is 12.8. The molecule has 2 aromatic carbocycles. The molecule has 0 fully saturated rings. The fraction of sp³-hybridized carbons (Fsp3) is 0.200. The van der Waals surface area contributed by atoms with E-state index in [4.69, 9.17) is 0 Å². The van der Waals surface area contributed by atoms with Crippen molar-refractivity contribution in [1.82, 2.24) is 9.78 Å². The first-order valence-corrected chi connectivity index (χ1v) is 10.6. The molecule has 1 heterocycles. The Morgan fingerprint density at radius 1 is 1.07 bits per heavy atom. The van der Waals surface area contributed by atoms with Gasteiger partial charge in [0.25, 0.3) is 5.91 Å². The van der Waals surface area contributed by atoms with Crippen LogP contribution in [0.4, 0.5) is 18.9 Å². The van der Waals surface area contributed by atoms with E-state index >= 15 is 0 Å². The smallest absolute Gasteiger partial charge is 0.321 e. The summed E-state index contributed by atoms with van der Waals surface area (Å²) in [6.45, 7) is 1.52. The minimum atomic E-state index is -4.56. The SMILES string of the molecule is Cc1c(C(=O)Nc2ccc(S(C)(=O)=O)cc2)nn(C)c1-c1ccccc1C(F)(F)F. The van der Waals surface area contributed by atoms with E-state index in [0.717, 1.165) is 12.3 Å². The quantitative estimate of drug-likeness (QED) is 0.667. The second-order valence-corrected chi connectivity index (χ2v) is 8.76. The van der Waals surface area contributed by atoms with Crippen LogP contribution >= 0.6 is 0 Å². The van der Waals surface area contributed by atoms with Crippen LogP contribution in [0, 0.1) is 6.92 Å². The minimum absolute atomic E-state index is 0.0309. The molecule has 0 atom stereocenters. The molecule has 1 amide bonds. The van der Waals surface area contributed by atoms with Crippen molar-refractivity contribution in [3.8, 4) is 11.3 Å². The lowest BCUT2D eigenvalue weighted by atomic mass is 10.0. The van der Waals surface area contributed by atoms with Crippen molar-refractivity contribution >= 4 is 21.4 Å². The Hall–Kier alpha value is -3.14. The van der Waals surface area contributed by atoms with Gasteiger partial charge in [-0.15, -0.1) is 0 Å². The summed E-state index contributed by atoms with van der Waals surface area (Å²) in [6, 6.07) is 10.6. The van der Waals surface area contributed by atoms with Gasteiger partial charge in [0.05, 0.1) is 16.2 Å². The van der Waals surface area contributed by atoms with E-state index in [-0.39, 0.29) is 21.8 Å². The number of carbonyl (C=O) groups is 1. The molecule has 30 heavy (non-hydrogen) atoms. The number of halogens is 3. The molecular formula is C20H18F3N3O3S. The first kappa shape index (κ1) is 21.6. The highest BCUT2D eigenvalue weighted by Gasteiger charge is 2.35. The summed E-state index contributed by atoms with van der Waals surface area (Å²) in [5.74, 6) is -0.619. The third-order valence-corrected chi connectivity index (χ3v) is 5.66. The van der Waals surface area contributed by atoms with Gasteiger partial charge in [-0.2, -0.15) is 18.3 Å². The van der Waals surface area contributed by atoms with Gasteiger partial charge >= 0.3 is 6.18 Å². The van der Waals surface area contributed by atoms with E-state index in [0.29, 0.717) is 11.3 Å². The van der Waals surface area contributed by atoms with Crippen molar-refractivity contribution in [3.63, 3.8) is 0 Å². The fourth-order valence-electron chi connectivity index (χ4n) is 3.13. The molecule has 6 nitrogen and oxygen atoms in total. The number of anilines is 1. The van der Waals surface area contributed by atoms with E-state index in [1.807, 2.05) is 0 Å². The maximum Gasteiger partial charge on any atom is 0.417 e. The largest absolute Gasteiger partial charge is 0.417 e. The van der Waals surface area contributed by atoms with E-state index < -0.39 is 27.5 Å². The summed E-state index contributed by atoms with van der Waals surface area (Å²) in [5.41, 5.74) is -0.125. The minimum Gasteiger partial charge on any atom is -0.321 e. The van der Waals surface area contributed by atoms with Crippen LogP contribution < -0.4 is 5.32 Å². The van der Waals surface area contributed by atoms with Crippen LogP contribution in [0.25, 0.3) is 11.3 Å². The number of aryl methyl sites for hydroxylation is 1. The summed E-state index contributed by atoms with van der Waals surface area (Å²) in [6.07, 6.45) is -3.49. The molecule has 158 valence electrons. The van der Waals surface area contributed by atoms with Crippen LogP contribution in [0.5, 0.6) is 0 Å². The maximum absolute atomic E-state index is 13.4. The van der Waals surface area contributed by atoms with E-state index in [1.54, 1.807) is 0 Å². The first-order chi connectivity index (χ1) is 13.9. The number of hydrogen-bond acceptors (Lipinski definition) is 4. The Kier molecular flexibility index (Phi) is 5.46. The van der Waals surface area contributed by atoms with Gasteiger partial charge < -0.3 is 5.32 Å². The number of benzene rings is 2. The van der Waals surface area contributed by atoms with E-state index in [2.05, 4.69) is 10.4 Å². The molecule has 0 aliphatic rings. The van der Waals surface area contributed by atoms with Crippen LogP contribution in [-0.4, -0.2) is 30.4 Å². The van der Waals surface area contributed by atoms with Crippen LogP contribution in [0.2, 0.25) is 0 Å². The van der Waals surface area contributed by atoms with Crippen molar-refractivity contribution in [2.24, 2.45) is 7.05 Å². The Morgan fingerprint density at radius 3 is 2.23 bits per heavy atom. The number of rotatable bonds is 4. The number of amides is 1. The third kappa shape index (κ3) is 4.23. The summed E-state index contributed by atoms with van der Waals surface area (Å²) in [5, 5.41) is 6.69. The highest BCUT2D eigenvalue weighted by Crippen LogP contribution is 2.38. The number of aromatic nitrogens is 2. The zero-order valence-corrected chi connectivity index (χ0v) is 17.1. The average Bonchev–Trinajstić information content (AvgIpc) is 2.95. The van der Waals surface area contributed by atoms with Gasteiger partial charge in [-0.1, -0.05) is 18.2 Å². The molecule has 3 rings (SSSR count). The molecule has 0 bridgehead atoms. The van der Waals surface area contributed by atoms with Crippen molar-refractivity contribution in [1.29, 1.82) is 0 Å². The normalized spacial score (nSPS) is 12.1. The number of hydrogen-bond donors (Lipinski definition) is 1. The number of nitrogens with one attached hydrogen (secondary N) is 1. The summed E-state index contributed by atoms with van der Waals surface area (Å²) >= 11 is 0. The lowest BCUT2D eigenvalue weighted by Gasteiger charge is -2.13.